The maximum absolute atomic E-state index is 12.9. The highest BCUT2D eigenvalue weighted by Gasteiger charge is 2.34. The highest BCUT2D eigenvalue weighted by molar-refractivity contribution is 5.95. The Morgan fingerprint density at radius 1 is 0.972 bits per heavy atom. The average molecular weight is 495 g/mol. The van der Waals surface area contributed by atoms with E-state index < -0.39 is 12.0 Å². The molecule has 0 bridgehead atoms. The molecule has 2 N–H and O–H groups in total. The summed E-state index contributed by atoms with van der Waals surface area (Å²) in [5, 5.41) is 5.73. The fourth-order valence-electron chi connectivity index (χ4n) is 4.63. The highest BCUT2D eigenvalue weighted by atomic mass is 16.5. The molecule has 36 heavy (non-hydrogen) atoms. The number of nitrogens with zero attached hydrogens (tertiary/aromatic N) is 2. The summed E-state index contributed by atoms with van der Waals surface area (Å²) >= 11 is 0. The lowest BCUT2D eigenvalue weighted by atomic mass is 9.95. The van der Waals surface area contributed by atoms with Crippen LogP contribution in [-0.4, -0.2) is 69.9 Å². The summed E-state index contributed by atoms with van der Waals surface area (Å²) in [7, 11) is 1.35. The number of amides is 2. The molecule has 2 aromatic rings. The van der Waals surface area contributed by atoms with E-state index in [2.05, 4.69) is 26.5 Å². The quantitative estimate of drug-likeness (QED) is 0.518. The molecular weight excluding hydrogens is 460 g/mol. The minimum absolute atomic E-state index is 0.346. The normalized spacial score (nSPS) is 18.4. The van der Waals surface area contributed by atoms with Crippen LogP contribution in [0.4, 0.5) is 10.5 Å². The monoisotopic (exact) mass is 494 g/mol. The Morgan fingerprint density at radius 2 is 1.67 bits per heavy atom. The fraction of sp³-hybridized carbons (Fsp3) is 0.407. The van der Waals surface area contributed by atoms with Crippen molar-refractivity contribution in [3.8, 4) is 11.5 Å². The summed E-state index contributed by atoms with van der Waals surface area (Å²) in [6, 6.07) is 14.5. The van der Waals surface area contributed by atoms with Gasteiger partial charge in [0.1, 0.15) is 11.5 Å². The zero-order valence-corrected chi connectivity index (χ0v) is 21.1. The Hall–Kier alpha value is -3.72. The van der Waals surface area contributed by atoms with Crippen LogP contribution in [0.5, 0.6) is 11.5 Å². The summed E-state index contributed by atoms with van der Waals surface area (Å²) < 4.78 is 16.4. The number of benzene rings is 2. The van der Waals surface area contributed by atoms with Gasteiger partial charge in [-0.3, -0.25) is 4.90 Å². The van der Waals surface area contributed by atoms with Gasteiger partial charge >= 0.3 is 12.0 Å². The first-order valence-corrected chi connectivity index (χ1v) is 12.3. The van der Waals surface area contributed by atoms with Crippen LogP contribution in [-0.2, 0) is 9.53 Å². The van der Waals surface area contributed by atoms with E-state index in [1.807, 2.05) is 56.3 Å². The lowest BCUT2D eigenvalue weighted by Crippen LogP contribution is -2.51. The van der Waals surface area contributed by atoms with Gasteiger partial charge in [-0.15, -0.1) is 0 Å². The summed E-state index contributed by atoms with van der Waals surface area (Å²) in [5.41, 5.74) is 2.83. The maximum atomic E-state index is 12.9. The van der Waals surface area contributed by atoms with Gasteiger partial charge in [-0.1, -0.05) is 24.3 Å². The number of carbonyl (C=O) groups is 2. The third kappa shape index (κ3) is 5.73. The number of hydrogen-bond acceptors (Lipinski definition) is 7. The Labute approximate surface area is 212 Å². The van der Waals surface area contributed by atoms with Crippen molar-refractivity contribution in [2.24, 2.45) is 0 Å². The second-order valence-electron chi connectivity index (χ2n) is 8.58. The van der Waals surface area contributed by atoms with Crippen molar-refractivity contribution in [3.63, 3.8) is 0 Å². The Morgan fingerprint density at radius 3 is 2.33 bits per heavy atom. The van der Waals surface area contributed by atoms with E-state index in [0.29, 0.717) is 31.0 Å². The molecule has 2 aliphatic rings. The zero-order valence-electron chi connectivity index (χ0n) is 21.1. The first-order chi connectivity index (χ1) is 17.5. The topological polar surface area (TPSA) is 92.4 Å². The molecule has 0 aromatic heterocycles. The third-order valence-electron chi connectivity index (χ3n) is 6.34. The van der Waals surface area contributed by atoms with E-state index in [4.69, 9.17) is 14.2 Å². The number of esters is 1. The van der Waals surface area contributed by atoms with Gasteiger partial charge in [-0.25, -0.2) is 9.59 Å². The number of nitrogens with one attached hydrogen (secondary N) is 2. The predicted octanol–water partition coefficient (Wildman–Crippen LogP) is 3.09. The molecule has 2 aromatic carbocycles. The van der Waals surface area contributed by atoms with E-state index >= 15 is 0 Å². The van der Waals surface area contributed by atoms with E-state index in [1.165, 1.54) is 7.11 Å². The Kier molecular flexibility index (Phi) is 8.32. The molecule has 0 unspecified atom stereocenters. The fourth-order valence-corrected chi connectivity index (χ4v) is 4.63. The Balaban J connectivity index is 1.52. The summed E-state index contributed by atoms with van der Waals surface area (Å²) in [4.78, 5) is 30.0. The van der Waals surface area contributed by atoms with Crippen LogP contribution in [0.15, 0.2) is 59.8 Å². The largest absolute Gasteiger partial charge is 0.494 e. The molecular formula is C27H34N4O5. The van der Waals surface area contributed by atoms with Crippen LogP contribution in [0.25, 0.3) is 0 Å². The van der Waals surface area contributed by atoms with Crippen molar-refractivity contribution in [2.75, 3.05) is 57.9 Å². The first kappa shape index (κ1) is 25.4. The van der Waals surface area contributed by atoms with Gasteiger partial charge in [-0.05, 0) is 43.7 Å². The molecule has 0 radical (unpaired) electrons. The number of urea groups is 1. The molecule has 1 atom stereocenters. The van der Waals surface area contributed by atoms with Crippen molar-refractivity contribution in [1.82, 2.24) is 15.5 Å². The van der Waals surface area contributed by atoms with E-state index in [0.717, 1.165) is 48.9 Å². The summed E-state index contributed by atoms with van der Waals surface area (Å²) in [5.74, 6) is 1.14. The predicted molar refractivity (Wildman–Crippen MR) is 137 cm³/mol. The molecule has 192 valence electrons. The first-order valence-electron chi connectivity index (χ1n) is 12.3. The standard InChI is InChI=1S/C27H34N4O5/c1-4-35-20-12-10-19(11-13-20)25-24(26(32)34-3)21(28-27(33)29-25)18-30-14-16-31(17-15-30)22-8-6-7-9-23(22)36-5-2/h6-13,25H,4-5,14-18H2,1-3H3,(H2,28,29,33)/t25-/m1/s1. The van der Waals surface area contributed by atoms with Crippen LogP contribution in [0.3, 0.4) is 0 Å². The molecule has 9 heteroatoms. The lowest BCUT2D eigenvalue weighted by molar-refractivity contribution is -0.136. The van der Waals surface area contributed by atoms with Crippen LogP contribution < -0.4 is 25.0 Å². The average Bonchev–Trinajstić information content (AvgIpc) is 2.90. The van der Waals surface area contributed by atoms with Crippen molar-refractivity contribution in [3.05, 3.63) is 65.4 Å². The summed E-state index contributed by atoms with van der Waals surface area (Å²) in [6.45, 7) is 8.67. The molecule has 2 heterocycles. The van der Waals surface area contributed by atoms with Crippen LogP contribution in [0.2, 0.25) is 0 Å². The zero-order chi connectivity index (χ0) is 25.5. The van der Waals surface area contributed by atoms with Crippen LogP contribution in [0, 0.1) is 0 Å². The molecule has 1 fully saturated rings. The molecule has 9 nitrogen and oxygen atoms in total. The van der Waals surface area contributed by atoms with Gasteiger partial charge in [-0.2, -0.15) is 0 Å². The number of ether oxygens (including phenoxy) is 3. The van der Waals surface area contributed by atoms with Gasteiger partial charge in [0.05, 0.1) is 37.6 Å². The molecule has 0 aliphatic carbocycles. The number of anilines is 1. The molecule has 2 amide bonds. The maximum Gasteiger partial charge on any atom is 0.338 e. The number of carbonyl (C=O) groups excluding carboxylic acids is 2. The highest BCUT2D eigenvalue weighted by Crippen LogP contribution is 2.31. The molecule has 1 saturated heterocycles. The smallest absolute Gasteiger partial charge is 0.338 e. The van der Waals surface area contributed by atoms with Gasteiger partial charge in [0, 0.05) is 38.4 Å². The third-order valence-corrected chi connectivity index (χ3v) is 6.34. The van der Waals surface area contributed by atoms with E-state index in [9.17, 15) is 9.59 Å². The SMILES string of the molecule is CCOc1ccc([C@H]2NC(=O)NC(CN3CCN(c4ccccc4OCC)CC3)=C2C(=O)OC)cc1. The number of hydrogen-bond donors (Lipinski definition) is 2. The molecule has 0 spiro atoms. The number of piperazine rings is 1. The summed E-state index contributed by atoms with van der Waals surface area (Å²) in [6.07, 6.45) is 0. The number of para-hydroxylation sites is 2. The van der Waals surface area contributed by atoms with Crippen molar-refractivity contribution >= 4 is 17.7 Å². The van der Waals surface area contributed by atoms with Gasteiger partial charge in [0.2, 0.25) is 0 Å². The number of methoxy groups -OCH3 is 1. The minimum Gasteiger partial charge on any atom is -0.494 e. The number of rotatable bonds is 9. The van der Waals surface area contributed by atoms with Gasteiger partial charge in [0.15, 0.2) is 0 Å². The van der Waals surface area contributed by atoms with Crippen molar-refractivity contribution in [2.45, 2.75) is 19.9 Å². The molecule has 0 saturated carbocycles. The molecule has 4 rings (SSSR count). The second-order valence-corrected chi connectivity index (χ2v) is 8.58. The Bertz CT molecular complexity index is 1090. The van der Waals surface area contributed by atoms with Gasteiger partial charge < -0.3 is 29.7 Å². The van der Waals surface area contributed by atoms with E-state index in [1.54, 1.807) is 0 Å². The van der Waals surface area contributed by atoms with Crippen LogP contribution in [0.1, 0.15) is 25.5 Å². The van der Waals surface area contributed by atoms with Crippen molar-refractivity contribution in [1.29, 1.82) is 0 Å². The molecule has 2 aliphatic heterocycles. The lowest BCUT2D eigenvalue weighted by Gasteiger charge is -2.38. The second kappa shape index (κ2) is 11.8. The van der Waals surface area contributed by atoms with Gasteiger partial charge in [0.25, 0.3) is 0 Å². The minimum atomic E-state index is -0.615. The van der Waals surface area contributed by atoms with Crippen molar-refractivity contribution < 1.29 is 23.8 Å². The van der Waals surface area contributed by atoms with E-state index in [-0.39, 0.29) is 6.03 Å². The van der Waals surface area contributed by atoms with Crippen LogP contribution >= 0.6 is 0 Å².